The number of benzene rings is 1. The maximum absolute atomic E-state index is 9.25. The van der Waals surface area contributed by atoms with Crippen LogP contribution in [-0.4, -0.2) is 23.7 Å². The van der Waals surface area contributed by atoms with Gasteiger partial charge < -0.3 is 20.9 Å². The van der Waals surface area contributed by atoms with E-state index in [-0.39, 0.29) is 23.0 Å². The minimum atomic E-state index is -0.0311. The predicted molar refractivity (Wildman–Crippen MR) is 83.7 cm³/mol. The fourth-order valence-corrected chi connectivity index (χ4v) is 2.27. The third-order valence-corrected chi connectivity index (χ3v) is 3.13. The van der Waals surface area contributed by atoms with E-state index in [4.69, 9.17) is 32.5 Å². The first-order chi connectivity index (χ1) is 10.5. The van der Waals surface area contributed by atoms with Crippen molar-refractivity contribution in [2.75, 3.05) is 25.2 Å². The number of nitriles is 1. The van der Waals surface area contributed by atoms with E-state index in [2.05, 4.69) is 9.97 Å². The summed E-state index contributed by atoms with van der Waals surface area (Å²) in [6.07, 6.45) is 0. The second-order valence-corrected chi connectivity index (χ2v) is 4.63. The van der Waals surface area contributed by atoms with Crippen molar-refractivity contribution in [3.8, 4) is 28.8 Å². The highest BCUT2D eigenvalue weighted by atomic mass is 35.5. The fraction of sp³-hybridized carbons (Fsp3) is 0.214. The fourth-order valence-electron chi connectivity index (χ4n) is 1.98. The molecule has 0 saturated heterocycles. The van der Waals surface area contributed by atoms with Gasteiger partial charge in [0.1, 0.15) is 17.5 Å². The van der Waals surface area contributed by atoms with E-state index >= 15 is 0 Å². The summed E-state index contributed by atoms with van der Waals surface area (Å²) in [5.41, 5.74) is 12.3. The van der Waals surface area contributed by atoms with Gasteiger partial charge in [0.2, 0.25) is 5.95 Å². The van der Waals surface area contributed by atoms with Crippen LogP contribution in [0.15, 0.2) is 12.1 Å². The molecule has 2 aromatic rings. The average molecular weight is 320 g/mol. The van der Waals surface area contributed by atoms with E-state index < -0.39 is 0 Å². The summed E-state index contributed by atoms with van der Waals surface area (Å²) in [5, 5.41) is 9.58. The second kappa shape index (κ2) is 6.37. The molecule has 1 aromatic carbocycles. The number of rotatable bonds is 4. The highest BCUT2D eigenvalue weighted by Gasteiger charge is 2.18. The number of hydrogen-bond donors (Lipinski definition) is 2. The molecule has 0 saturated carbocycles. The molecular weight excluding hydrogens is 306 g/mol. The SMILES string of the molecule is CCOc1cc(-c2nc(N)nc(N)c2C#N)cc(Cl)c1OC. The Labute approximate surface area is 132 Å². The highest BCUT2D eigenvalue weighted by Crippen LogP contribution is 2.40. The standard InChI is InChI=1S/C14H14ClN5O2/c1-3-22-10-5-7(4-9(15)12(10)21-2)11-8(6-16)13(17)20-14(18)19-11/h4-5H,3H2,1-2H3,(H4,17,18,19,20). The number of aromatic nitrogens is 2. The quantitative estimate of drug-likeness (QED) is 0.886. The molecule has 7 nitrogen and oxygen atoms in total. The summed E-state index contributed by atoms with van der Waals surface area (Å²) in [4.78, 5) is 7.86. The van der Waals surface area contributed by atoms with Crippen molar-refractivity contribution in [1.82, 2.24) is 9.97 Å². The zero-order valence-electron chi connectivity index (χ0n) is 12.1. The van der Waals surface area contributed by atoms with Gasteiger partial charge in [-0.15, -0.1) is 0 Å². The molecule has 8 heteroatoms. The van der Waals surface area contributed by atoms with Crippen LogP contribution in [0.1, 0.15) is 12.5 Å². The summed E-state index contributed by atoms with van der Waals surface area (Å²) in [7, 11) is 1.49. The molecule has 1 aromatic heterocycles. The molecule has 0 aliphatic heterocycles. The zero-order chi connectivity index (χ0) is 16.3. The van der Waals surface area contributed by atoms with E-state index in [0.717, 1.165) is 0 Å². The van der Waals surface area contributed by atoms with Gasteiger partial charge in [0.25, 0.3) is 0 Å². The Bertz CT molecular complexity index is 758. The number of nitrogen functional groups attached to an aromatic ring is 2. The lowest BCUT2D eigenvalue weighted by atomic mass is 10.1. The Hall–Kier alpha value is -2.72. The van der Waals surface area contributed by atoms with Crippen LogP contribution < -0.4 is 20.9 Å². The first kappa shape index (κ1) is 15.7. The van der Waals surface area contributed by atoms with E-state index in [1.165, 1.54) is 7.11 Å². The normalized spacial score (nSPS) is 10.1. The molecular formula is C14H14ClN5O2. The summed E-state index contributed by atoms with van der Waals surface area (Å²) in [6, 6.07) is 5.23. The van der Waals surface area contributed by atoms with Gasteiger partial charge in [0.05, 0.1) is 24.4 Å². The Kier molecular flexibility index (Phi) is 4.53. The molecule has 0 radical (unpaired) electrons. The van der Waals surface area contributed by atoms with Crippen molar-refractivity contribution in [3.63, 3.8) is 0 Å². The van der Waals surface area contributed by atoms with Gasteiger partial charge >= 0.3 is 0 Å². The van der Waals surface area contributed by atoms with Crippen LogP contribution in [-0.2, 0) is 0 Å². The Morgan fingerprint density at radius 3 is 2.64 bits per heavy atom. The van der Waals surface area contributed by atoms with Crippen LogP contribution in [0.4, 0.5) is 11.8 Å². The van der Waals surface area contributed by atoms with E-state index in [1.54, 1.807) is 12.1 Å². The van der Waals surface area contributed by atoms with Crippen LogP contribution in [0.3, 0.4) is 0 Å². The lowest BCUT2D eigenvalue weighted by Gasteiger charge is -2.14. The number of halogens is 1. The Morgan fingerprint density at radius 2 is 2.05 bits per heavy atom. The van der Waals surface area contributed by atoms with Crippen molar-refractivity contribution in [1.29, 1.82) is 5.26 Å². The van der Waals surface area contributed by atoms with Gasteiger partial charge in [0.15, 0.2) is 11.5 Å². The molecule has 2 rings (SSSR count). The molecule has 114 valence electrons. The smallest absolute Gasteiger partial charge is 0.222 e. The molecule has 0 amide bonds. The zero-order valence-corrected chi connectivity index (χ0v) is 12.8. The molecule has 0 unspecified atom stereocenters. The van der Waals surface area contributed by atoms with Crippen LogP contribution in [0, 0.1) is 11.3 Å². The van der Waals surface area contributed by atoms with Crippen molar-refractivity contribution in [2.24, 2.45) is 0 Å². The minimum absolute atomic E-state index is 0.00917. The highest BCUT2D eigenvalue weighted by molar-refractivity contribution is 6.32. The molecule has 0 bridgehead atoms. The van der Waals surface area contributed by atoms with Gasteiger partial charge in [-0.2, -0.15) is 10.2 Å². The van der Waals surface area contributed by atoms with Gasteiger partial charge in [0, 0.05) is 5.56 Å². The molecule has 0 aliphatic carbocycles. The number of nitrogens with two attached hydrogens (primary N) is 2. The van der Waals surface area contributed by atoms with Gasteiger partial charge in [-0.3, -0.25) is 0 Å². The van der Waals surface area contributed by atoms with E-state index in [9.17, 15) is 5.26 Å². The topological polar surface area (TPSA) is 120 Å². The van der Waals surface area contributed by atoms with Crippen LogP contribution >= 0.6 is 11.6 Å². The molecule has 0 atom stereocenters. The number of nitrogens with zero attached hydrogens (tertiary/aromatic N) is 3. The lowest BCUT2D eigenvalue weighted by molar-refractivity contribution is 0.311. The molecule has 0 aliphatic rings. The Balaban J connectivity index is 2.71. The van der Waals surface area contributed by atoms with E-state index in [0.29, 0.717) is 28.7 Å². The molecule has 1 heterocycles. The summed E-state index contributed by atoms with van der Waals surface area (Å²) in [6.45, 7) is 2.26. The summed E-state index contributed by atoms with van der Waals surface area (Å²) >= 11 is 6.20. The first-order valence-corrected chi connectivity index (χ1v) is 6.73. The van der Waals surface area contributed by atoms with Crippen molar-refractivity contribution >= 4 is 23.4 Å². The monoisotopic (exact) mass is 319 g/mol. The van der Waals surface area contributed by atoms with Crippen molar-refractivity contribution in [3.05, 3.63) is 22.7 Å². The predicted octanol–water partition coefficient (Wildman–Crippen LogP) is 2.24. The first-order valence-electron chi connectivity index (χ1n) is 6.35. The summed E-state index contributed by atoms with van der Waals surface area (Å²) < 4.78 is 10.7. The molecule has 0 fully saturated rings. The maximum atomic E-state index is 9.25. The van der Waals surface area contributed by atoms with Gasteiger partial charge in [-0.05, 0) is 19.1 Å². The van der Waals surface area contributed by atoms with Crippen molar-refractivity contribution < 1.29 is 9.47 Å². The molecule has 0 spiro atoms. The van der Waals surface area contributed by atoms with Crippen LogP contribution in [0.25, 0.3) is 11.3 Å². The van der Waals surface area contributed by atoms with E-state index in [1.807, 2.05) is 13.0 Å². The number of anilines is 2. The number of hydrogen-bond acceptors (Lipinski definition) is 7. The van der Waals surface area contributed by atoms with Gasteiger partial charge in [-0.1, -0.05) is 11.6 Å². The largest absolute Gasteiger partial charge is 0.491 e. The molecule has 4 N–H and O–H groups in total. The summed E-state index contributed by atoms with van der Waals surface area (Å²) in [5.74, 6) is 0.819. The lowest BCUT2D eigenvalue weighted by Crippen LogP contribution is -2.05. The number of methoxy groups -OCH3 is 1. The third kappa shape index (κ3) is 2.82. The average Bonchev–Trinajstić information content (AvgIpc) is 2.46. The Morgan fingerprint density at radius 1 is 1.32 bits per heavy atom. The third-order valence-electron chi connectivity index (χ3n) is 2.85. The van der Waals surface area contributed by atoms with Gasteiger partial charge in [-0.25, -0.2) is 4.98 Å². The second-order valence-electron chi connectivity index (χ2n) is 4.22. The number of ether oxygens (including phenoxy) is 2. The van der Waals surface area contributed by atoms with Crippen LogP contribution in [0.2, 0.25) is 5.02 Å². The minimum Gasteiger partial charge on any atom is -0.491 e. The molecule has 22 heavy (non-hydrogen) atoms. The van der Waals surface area contributed by atoms with Crippen LogP contribution in [0.5, 0.6) is 11.5 Å². The maximum Gasteiger partial charge on any atom is 0.222 e. The van der Waals surface area contributed by atoms with Crippen molar-refractivity contribution in [2.45, 2.75) is 6.92 Å².